The van der Waals surface area contributed by atoms with Gasteiger partial charge in [-0.2, -0.15) is 4.98 Å². The van der Waals surface area contributed by atoms with E-state index in [2.05, 4.69) is 32.5 Å². The van der Waals surface area contributed by atoms with Crippen LogP contribution in [0, 0.1) is 0 Å². The summed E-state index contributed by atoms with van der Waals surface area (Å²) in [5.74, 6) is 2.21. The standard InChI is InChI=1S/C17H19N5O/c1-2-15-20-16(21-23-15)13-11-12-5-3-4-6-14(12)19-17(13)22-9-7-18-8-10-22/h3-6,11,18H,2,7-10H2,1H3. The molecule has 0 radical (unpaired) electrons. The predicted octanol–water partition coefficient (Wildman–Crippen LogP) is 2.26. The molecule has 0 spiro atoms. The number of benzene rings is 1. The van der Waals surface area contributed by atoms with E-state index in [0.717, 1.165) is 54.9 Å². The quantitative estimate of drug-likeness (QED) is 0.800. The molecule has 3 aromatic rings. The number of fused-ring (bicyclic) bond motifs is 1. The van der Waals surface area contributed by atoms with E-state index in [1.807, 2.05) is 25.1 Å². The molecule has 4 rings (SSSR count). The summed E-state index contributed by atoms with van der Waals surface area (Å²) in [5, 5.41) is 8.61. The summed E-state index contributed by atoms with van der Waals surface area (Å²) in [4.78, 5) is 11.7. The molecule has 0 atom stereocenters. The van der Waals surface area contributed by atoms with Crippen molar-refractivity contribution >= 4 is 16.7 Å². The summed E-state index contributed by atoms with van der Waals surface area (Å²) < 4.78 is 5.30. The van der Waals surface area contributed by atoms with Crippen LogP contribution in [-0.2, 0) is 6.42 Å². The van der Waals surface area contributed by atoms with Crippen LogP contribution < -0.4 is 10.2 Å². The van der Waals surface area contributed by atoms with Crippen LogP contribution in [0.2, 0.25) is 0 Å². The van der Waals surface area contributed by atoms with E-state index in [1.165, 1.54) is 0 Å². The maximum absolute atomic E-state index is 5.30. The van der Waals surface area contributed by atoms with Crippen molar-refractivity contribution in [1.82, 2.24) is 20.4 Å². The number of piperazine rings is 1. The maximum atomic E-state index is 5.30. The van der Waals surface area contributed by atoms with E-state index in [-0.39, 0.29) is 0 Å². The van der Waals surface area contributed by atoms with Crippen molar-refractivity contribution in [3.05, 3.63) is 36.2 Å². The molecule has 1 aliphatic rings. The Morgan fingerprint density at radius 2 is 2.00 bits per heavy atom. The number of rotatable bonds is 3. The number of aryl methyl sites for hydroxylation is 1. The molecule has 0 aliphatic carbocycles. The van der Waals surface area contributed by atoms with Crippen LogP contribution >= 0.6 is 0 Å². The second-order valence-corrected chi connectivity index (χ2v) is 5.65. The first-order valence-electron chi connectivity index (χ1n) is 8.03. The summed E-state index contributed by atoms with van der Waals surface area (Å²) in [6.07, 6.45) is 0.733. The molecule has 2 aromatic heterocycles. The highest BCUT2D eigenvalue weighted by Crippen LogP contribution is 2.31. The zero-order valence-electron chi connectivity index (χ0n) is 13.1. The van der Waals surface area contributed by atoms with Crippen LogP contribution in [0.4, 0.5) is 5.82 Å². The lowest BCUT2D eigenvalue weighted by Gasteiger charge is -2.29. The second kappa shape index (κ2) is 5.96. The molecular weight excluding hydrogens is 290 g/mol. The molecule has 0 amide bonds. The van der Waals surface area contributed by atoms with Gasteiger partial charge in [0.2, 0.25) is 11.7 Å². The third-order valence-corrected chi connectivity index (χ3v) is 4.13. The lowest BCUT2D eigenvalue weighted by Crippen LogP contribution is -2.44. The number of anilines is 1. The van der Waals surface area contributed by atoms with Crippen LogP contribution in [0.5, 0.6) is 0 Å². The topological polar surface area (TPSA) is 67.1 Å². The third kappa shape index (κ3) is 2.66. The van der Waals surface area contributed by atoms with Crippen LogP contribution in [0.1, 0.15) is 12.8 Å². The fourth-order valence-corrected chi connectivity index (χ4v) is 2.90. The SMILES string of the molecule is CCc1nc(-c2cc3ccccc3nc2N2CCNCC2)no1. The number of pyridine rings is 1. The van der Waals surface area contributed by atoms with Gasteiger partial charge in [0.15, 0.2) is 0 Å². The molecule has 23 heavy (non-hydrogen) atoms. The summed E-state index contributed by atoms with van der Waals surface area (Å²) in [7, 11) is 0. The number of para-hydroxylation sites is 1. The predicted molar refractivity (Wildman–Crippen MR) is 89.5 cm³/mol. The number of hydrogen-bond donors (Lipinski definition) is 1. The van der Waals surface area contributed by atoms with Gasteiger partial charge in [0.25, 0.3) is 0 Å². The van der Waals surface area contributed by atoms with Gasteiger partial charge in [-0.3, -0.25) is 0 Å². The first-order valence-corrected chi connectivity index (χ1v) is 8.03. The zero-order valence-corrected chi connectivity index (χ0v) is 13.1. The van der Waals surface area contributed by atoms with Crippen molar-refractivity contribution in [1.29, 1.82) is 0 Å². The second-order valence-electron chi connectivity index (χ2n) is 5.65. The summed E-state index contributed by atoms with van der Waals surface area (Å²) in [6.45, 7) is 5.78. The Bertz CT molecular complexity index is 823. The highest BCUT2D eigenvalue weighted by atomic mass is 16.5. The average molecular weight is 309 g/mol. The maximum Gasteiger partial charge on any atom is 0.226 e. The van der Waals surface area contributed by atoms with Crippen molar-refractivity contribution in [2.75, 3.05) is 31.1 Å². The first-order chi connectivity index (χ1) is 11.3. The van der Waals surface area contributed by atoms with Gasteiger partial charge in [-0.05, 0) is 12.1 Å². The van der Waals surface area contributed by atoms with Crippen LogP contribution in [0.15, 0.2) is 34.9 Å². The number of hydrogen-bond acceptors (Lipinski definition) is 6. The number of nitrogens with zero attached hydrogens (tertiary/aromatic N) is 4. The molecule has 1 aromatic carbocycles. The van der Waals surface area contributed by atoms with Gasteiger partial charge in [0.1, 0.15) is 5.82 Å². The Labute approximate surface area is 134 Å². The van der Waals surface area contributed by atoms with E-state index in [9.17, 15) is 0 Å². The Morgan fingerprint density at radius 3 is 2.78 bits per heavy atom. The fraction of sp³-hybridized carbons (Fsp3) is 0.353. The highest BCUT2D eigenvalue weighted by Gasteiger charge is 2.20. The van der Waals surface area contributed by atoms with Gasteiger partial charge in [-0.25, -0.2) is 4.98 Å². The van der Waals surface area contributed by atoms with Crippen molar-refractivity contribution in [2.24, 2.45) is 0 Å². The molecule has 6 heteroatoms. The molecule has 1 saturated heterocycles. The van der Waals surface area contributed by atoms with Crippen molar-refractivity contribution in [3.63, 3.8) is 0 Å². The third-order valence-electron chi connectivity index (χ3n) is 4.13. The van der Waals surface area contributed by atoms with E-state index >= 15 is 0 Å². The van der Waals surface area contributed by atoms with E-state index in [4.69, 9.17) is 9.51 Å². The normalized spacial score (nSPS) is 15.3. The van der Waals surface area contributed by atoms with E-state index in [0.29, 0.717) is 11.7 Å². The lowest BCUT2D eigenvalue weighted by molar-refractivity contribution is 0.383. The first kappa shape index (κ1) is 14.1. The molecular formula is C17H19N5O. The summed E-state index contributed by atoms with van der Waals surface area (Å²) >= 11 is 0. The Balaban J connectivity index is 1.88. The number of nitrogens with one attached hydrogen (secondary N) is 1. The van der Waals surface area contributed by atoms with Crippen molar-refractivity contribution in [3.8, 4) is 11.4 Å². The molecule has 6 nitrogen and oxygen atoms in total. The lowest BCUT2D eigenvalue weighted by atomic mass is 10.1. The minimum absolute atomic E-state index is 0.619. The minimum Gasteiger partial charge on any atom is -0.353 e. The Hall–Kier alpha value is -2.47. The molecule has 1 aliphatic heterocycles. The van der Waals surface area contributed by atoms with Gasteiger partial charge >= 0.3 is 0 Å². The van der Waals surface area contributed by atoms with E-state index in [1.54, 1.807) is 0 Å². The average Bonchev–Trinajstić information content (AvgIpc) is 3.10. The number of aromatic nitrogens is 3. The molecule has 0 saturated carbocycles. The van der Waals surface area contributed by atoms with Crippen molar-refractivity contribution in [2.45, 2.75) is 13.3 Å². The smallest absolute Gasteiger partial charge is 0.226 e. The largest absolute Gasteiger partial charge is 0.353 e. The van der Waals surface area contributed by atoms with Gasteiger partial charge in [0.05, 0.1) is 11.1 Å². The molecule has 1 N–H and O–H groups in total. The van der Waals surface area contributed by atoms with Gasteiger partial charge < -0.3 is 14.7 Å². The van der Waals surface area contributed by atoms with Crippen LogP contribution in [-0.4, -0.2) is 41.3 Å². The van der Waals surface area contributed by atoms with Gasteiger partial charge in [0, 0.05) is 38.0 Å². The van der Waals surface area contributed by atoms with Crippen LogP contribution in [0.3, 0.4) is 0 Å². The molecule has 1 fully saturated rings. The molecule has 0 unspecified atom stereocenters. The monoisotopic (exact) mass is 309 g/mol. The Kier molecular flexibility index (Phi) is 3.67. The summed E-state index contributed by atoms with van der Waals surface area (Å²) in [5.41, 5.74) is 1.93. The van der Waals surface area contributed by atoms with Crippen LogP contribution in [0.25, 0.3) is 22.3 Å². The highest BCUT2D eigenvalue weighted by molar-refractivity contribution is 5.88. The molecule has 118 valence electrons. The van der Waals surface area contributed by atoms with Gasteiger partial charge in [-0.15, -0.1) is 0 Å². The van der Waals surface area contributed by atoms with E-state index < -0.39 is 0 Å². The Morgan fingerprint density at radius 1 is 1.17 bits per heavy atom. The molecule has 3 heterocycles. The van der Waals surface area contributed by atoms with Gasteiger partial charge in [-0.1, -0.05) is 30.3 Å². The fourth-order valence-electron chi connectivity index (χ4n) is 2.90. The minimum atomic E-state index is 0.619. The van der Waals surface area contributed by atoms with Crippen molar-refractivity contribution < 1.29 is 4.52 Å². The molecule has 0 bridgehead atoms. The zero-order chi connectivity index (χ0) is 15.6. The summed E-state index contributed by atoms with van der Waals surface area (Å²) in [6, 6.07) is 10.3.